The Morgan fingerprint density at radius 1 is 0.192 bits per heavy atom. The first-order valence-electron chi connectivity index (χ1n) is 26.7. The minimum absolute atomic E-state index is 1.12. The van der Waals surface area contributed by atoms with Crippen molar-refractivity contribution < 1.29 is 0 Å². The van der Waals surface area contributed by atoms with Crippen molar-refractivity contribution in [3.8, 4) is 33.6 Å². The van der Waals surface area contributed by atoms with Gasteiger partial charge in [-0.2, -0.15) is 0 Å². The Hall–Kier alpha value is -10.4. The lowest BCUT2D eigenvalue weighted by Gasteiger charge is -2.25. The maximum absolute atomic E-state index is 2.40. The molecule has 4 heteroatoms. The van der Waals surface area contributed by atoms with Gasteiger partial charge in [0.2, 0.25) is 0 Å². The van der Waals surface area contributed by atoms with E-state index in [0.29, 0.717) is 0 Å². The summed E-state index contributed by atoms with van der Waals surface area (Å²) in [4.78, 5) is 4.67. The van der Waals surface area contributed by atoms with Gasteiger partial charge in [-0.15, -0.1) is 0 Å². The summed E-state index contributed by atoms with van der Waals surface area (Å²) in [6.45, 7) is 0. The number of benzene rings is 13. The Bertz CT molecular complexity index is 4310. The molecule has 0 amide bonds. The quantitative estimate of drug-likeness (QED) is 0.127. The van der Waals surface area contributed by atoms with Crippen LogP contribution in [-0.2, 0) is 0 Å². The standard InChI is InChI=1S/C74H50N4/c1-5-17-57(18-6-1)75(58-19-7-2-8-20-58)63-43-45-73-69(49-63)65-25-13-15-27-71(65)77(73)61-39-35-51(36-40-61)55-33-31-53-29-30-54-32-34-56(48-68(54)67(53)47-55)52-37-41-62(42-38-52)78-72-28-16-14-26-66(72)70-50-64(44-46-74(70)78)76(59-21-9-3-10-22-59)60-23-11-4-12-24-60/h1-50H. The van der Waals surface area contributed by atoms with Gasteiger partial charge in [0.15, 0.2) is 0 Å². The van der Waals surface area contributed by atoms with E-state index in [9.17, 15) is 0 Å². The van der Waals surface area contributed by atoms with E-state index in [2.05, 4.69) is 322 Å². The highest BCUT2D eigenvalue weighted by Gasteiger charge is 2.20. The predicted octanol–water partition coefficient (Wildman–Crippen LogP) is 20.5. The van der Waals surface area contributed by atoms with Gasteiger partial charge in [0.1, 0.15) is 0 Å². The monoisotopic (exact) mass is 994 g/mol. The average Bonchev–Trinajstić information content (AvgIpc) is 4.08. The lowest BCUT2D eigenvalue weighted by molar-refractivity contribution is 1.18. The van der Waals surface area contributed by atoms with Gasteiger partial charge in [-0.3, -0.25) is 0 Å². The number of aromatic nitrogens is 2. The Morgan fingerprint density at radius 3 is 0.872 bits per heavy atom. The number of hydrogen-bond acceptors (Lipinski definition) is 2. The van der Waals surface area contributed by atoms with Gasteiger partial charge < -0.3 is 18.9 Å². The molecule has 0 saturated carbocycles. The van der Waals surface area contributed by atoms with Gasteiger partial charge in [-0.25, -0.2) is 0 Å². The highest BCUT2D eigenvalue weighted by molar-refractivity contribution is 6.13. The normalized spacial score (nSPS) is 11.6. The number of nitrogens with zero attached hydrogens (tertiary/aromatic N) is 4. The van der Waals surface area contributed by atoms with Crippen molar-refractivity contribution in [1.82, 2.24) is 9.13 Å². The summed E-state index contributed by atoms with van der Waals surface area (Å²) in [5.74, 6) is 0. The molecule has 2 aromatic heterocycles. The second-order valence-corrected chi connectivity index (χ2v) is 20.2. The zero-order valence-electron chi connectivity index (χ0n) is 42.7. The fourth-order valence-electron chi connectivity index (χ4n) is 12.0. The third-order valence-electron chi connectivity index (χ3n) is 15.6. The molecular weight excluding hydrogens is 945 g/mol. The highest BCUT2D eigenvalue weighted by Crippen LogP contribution is 2.43. The first kappa shape index (κ1) is 45.0. The van der Waals surface area contributed by atoms with Crippen molar-refractivity contribution in [3.63, 3.8) is 0 Å². The maximum atomic E-state index is 2.40. The number of fused-ring (bicyclic) bond motifs is 9. The van der Waals surface area contributed by atoms with Crippen LogP contribution in [-0.4, -0.2) is 9.13 Å². The Morgan fingerprint density at radius 2 is 0.500 bits per heavy atom. The molecule has 0 aliphatic heterocycles. The molecule has 0 radical (unpaired) electrons. The first-order chi connectivity index (χ1) is 38.7. The molecular formula is C74H50N4. The van der Waals surface area contributed by atoms with Crippen LogP contribution in [0.4, 0.5) is 34.1 Å². The summed E-state index contributed by atoms with van der Waals surface area (Å²) in [7, 11) is 0. The second-order valence-electron chi connectivity index (χ2n) is 20.2. The summed E-state index contributed by atoms with van der Waals surface area (Å²) < 4.78 is 4.81. The fourth-order valence-corrected chi connectivity index (χ4v) is 12.0. The van der Waals surface area contributed by atoms with Crippen LogP contribution < -0.4 is 9.80 Å². The Kier molecular flexibility index (Phi) is 10.8. The van der Waals surface area contributed by atoms with Crippen molar-refractivity contribution in [2.45, 2.75) is 0 Å². The van der Waals surface area contributed by atoms with E-state index in [0.717, 1.165) is 45.5 Å². The molecule has 0 atom stereocenters. The van der Waals surface area contributed by atoms with Gasteiger partial charge in [-0.1, -0.05) is 170 Å². The van der Waals surface area contributed by atoms with Crippen molar-refractivity contribution in [1.29, 1.82) is 0 Å². The van der Waals surface area contributed by atoms with Crippen LogP contribution in [0.2, 0.25) is 0 Å². The van der Waals surface area contributed by atoms with Crippen LogP contribution in [0.1, 0.15) is 0 Å². The van der Waals surface area contributed by atoms with Crippen molar-refractivity contribution in [3.05, 3.63) is 303 Å². The van der Waals surface area contributed by atoms with E-state index in [1.54, 1.807) is 0 Å². The molecule has 0 bridgehead atoms. The van der Waals surface area contributed by atoms with Crippen molar-refractivity contribution >= 4 is 99.3 Å². The molecule has 0 saturated heterocycles. The minimum Gasteiger partial charge on any atom is -0.310 e. The largest absolute Gasteiger partial charge is 0.310 e. The van der Waals surface area contributed by atoms with Gasteiger partial charge in [0.05, 0.1) is 22.1 Å². The van der Waals surface area contributed by atoms with Gasteiger partial charge in [0.25, 0.3) is 0 Å². The summed E-state index contributed by atoms with van der Waals surface area (Å²) in [5.41, 5.74) is 18.4. The molecule has 366 valence electrons. The van der Waals surface area contributed by atoms with Crippen LogP contribution >= 0.6 is 0 Å². The van der Waals surface area contributed by atoms with Crippen LogP contribution in [0.5, 0.6) is 0 Å². The van der Waals surface area contributed by atoms with E-state index in [1.165, 1.54) is 87.4 Å². The molecule has 0 aliphatic carbocycles. The molecule has 0 N–H and O–H groups in total. The van der Waals surface area contributed by atoms with Crippen LogP contribution in [0, 0.1) is 0 Å². The fraction of sp³-hybridized carbons (Fsp3) is 0. The maximum Gasteiger partial charge on any atom is 0.0542 e. The van der Waals surface area contributed by atoms with E-state index in [1.807, 2.05) is 0 Å². The smallest absolute Gasteiger partial charge is 0.0542 e. The zero-order chi connectivity index (χ0) is 51.5. The molecule has 15 rings (SSSR count). The summed E-state index contributed by atoms with van der Waals surface area (Å²) >= 11 is 0. The minimum atomic E-state index is 1.12. The molecule has 0 unspecified atom stereocenters. The van der Waals surface area contributed by atoms with Gasteiger partial charge in [0, 0.05) is 67.0 Å². The molecule has 78 heavy (non-hydrogen) atoms. The third-order valence-corrected chi connectivity index (χ3v) is 15.6. The second kappa shape index (κ2) is 18.7. The molecule has 0 aliphatic rings. The number of para-hydroxylation sites is 6. The lowest BCUT2D eigenvalue weighted by Crippen LogP contribution is -2.09. The van der Waals surface area contributed by atoms with Gasteiger partial charge in [-0.05, 0) is 177 Å². The summed E-state index contributed by atoms with van der Waals surface area (Å²) in [6, 6.07) is 110. The molecule has 2 heterocycles. The SMILES string of the molecule is c1ccc(N(c2ccccc2)c2ccc3c(c2)c2ccccc2n3-c2ccc(-c3ccc4ccc5ccc(-c6ccc(-n7c8ccccc8c8cc(N(c9ccccc9)c9ccccc9)ccc87)cc6)cc5c4c3)cc2)cc1. The average molecular weight is 995 g/mol. The molecule has 4 nitrogen and oxygen atoms in total. The molecule has 15 aromatic rings. The van der Waals surface area contributed by atoms with E-state index < -0.39 is 0 Å². The summed E-state index contributed by atoms with van der Waals surface area (Å²) in [6.07, 6.45) is 0. The van der Waals surface area contributed by atoms with Crippen LogP contribution in [0.25, 0.3) is 98.8 Å². The number of rotatable bonds is 10. The van der Waals surface area contributed by atoms with Crippen molar-refractivity contribution in [2.75, 3.05) is 9.80 Å². The zero-order valence-corrected chi connectivity index (χ0v) is 42.7. The summed E-state index contributed by atoms with van der Waals surface area (Å²) in [5, 5.41) is 9.82. The topological polar surface area (TPSA) is 16.3 Å². The van der Waals surface area contributed by atoms with E-state index in [-0.39, 0.29) is 0 Å². The number of anilines is 6. The molecule has 0 fully saturated rings. The lowest BCUT2D eigenvalue weighted by atomic mass is 9.94. The highest BCUT2D eigenvalue weighted by atomic mass is 15.1. The Labute approximate surface area is 452 Å². The predicted molar refractivity (Wildman–Crippen MR) is 330 cm³/mol. The van der Waals surface area contributed by atoms with Crippen molar-refractivity contribution in [2.24, 2.45) is 0 Å². The van der Waals surface area contributed by atoms with Gasteiger partial charge >= 0.3 is 0 Å². The van der Waals surface area contributed by atoms with E-state index in [4.69, 9.17) is 0 Å². The number of hydrogen-bond donors (Lipinski definition) is 0. The van der Waals surface area contributed by atoms with Crippen LogP contribution in [0.3, 0.4) is 0 Å². The Balaban J connectivity index is 0.754. The third kappa shape index (κ3) is 7.69. The van der Waals surface area contributed by atoms with E-state index >= 15 is 0 Å². The first-order valence-corrected chi connectivity index (χ1v) is 26.7. The van der Waals surface area contributed by atoms with Crippen LogP contribution in [0.15, 0.2) is 303 Å². The molecule has 13 aromatic carbocycles. The molecule has 0 spiro atoms.